The Morgan fingerprint density at radius 2 is 1.62 bits per heavy atom. The lowest BCUT2D eigenvalue weighted by Crippen LogP contribution is -2.63. The summed E-state index contributed by atoms with van der Waals surface area (Å²) in [6.45, 7) is -0.0577. The molecule has 6 N–H and O–H groups in total. The van der Waals surface area contributed by atoms with Crippen LogP contribution in [0.15, 0.2) is 0 Å². The number of aliphatic hydroxyl groups excluding tert-OH is 6. The zero-order valence-corrected chi connectivity index (χ0v) is 15.8. The maximum atomic E-state index is 11.3. The lowest BCUT2D eigenvalue weighted by atomic mass is 9.98. The molecule has 0 saturated carbocycles. The number of esters is 2. The van der Waals surface area contributed by atoms with Crippen LogP contribution in [-0.2, 0) is 33.3 Å². The summed E-state index contributed by atoms with van der Waals surface area (Å²) < 4.78 is 25.7. The Labute approximate surface area is 165 Å². The van der Waals surface area contributed by atoms with E-state index in [9.17, 15) is 40.2 Å². The monoisotopic (exact) mass is 426 g/mol. The van der Waals surface area contributed by atoms with Gasteiger partial charge in [-0.1, -0.05) is 0 Å². The lowest BCUT2D eigenvalue weighted by Gasteiger charge is -2.44. The highest BCUT2D eigenvalue weighted by Crippen LogP contribution is 2.36. The fourth-order valence-electron chi connectivity index (χ4n) is 3.13. The SMILES string of the molecule is CC(=O)OC[C@H]1O[C@H](O[C@]2(CO)O[C@H](CO)[C@@H](O)[C@@H]2O)[C@H](O)[C@@H](OC(C)=O)[C@@H]1O. The van der Waals surface area contributed by atoms with E-state index in [1.165, 1.54) is 0 Å². The minimum Gasteiger partial charge on any atom is -0.463 e. The highest BCUT2D eigenvalue weighted by molar-refractivity contribution is 5.66. The fraction of sp³-hybridized carbons (Fsp3) is 0.875. The summed E-state index contributed by atoms with van der Waals surface area (Å²) in [5.74, 6) is -3.83. The molecular weight excluding hydrogens is 400 g/mol. The molecule has 168 valence electrons. The van der Waals surface area contributed by atoms with Crippen LogP contribution in [-0.4, -0.2) is 117 Å². The van der Waals surface area contributed by atoms with E-state index in [0.717, 1.165) is 13.8 Å². The molecule has 0 bridgehead atoms. The fourth-order valence-corrected chi connectivity index (χ4v) is 3.13. The van der Waals surface area contributed by atoms with E-state index in [0.29, 0.717) is 0 Å². The number of rotatable bonds is 7. The third-order valence-electron chi connectivity index (χ3n) is 4.62. The van der Waals surface area contributed by atoms with Crippen molar-refractivity contribution in [3.05, 3.63) is 0 Å². The zero-order valence-electron chi connectivity index (χ0n) is 15.8. The standard InChI is InChI=1S/C16H26O13/c1-6(19)25-4-9-10(21)13(26-7(2)20)12(23)15(27-9)29-16(5-18)14(24)11(22)8(3-17)28-16/h8-15,17-18,21-24H,3-5H2,1-2H3/t8-,9-,10-,11-,12-,13+,14+,15-,16+/m1/s1. The Bertz CT molecular complexity index is 585. The number of aliphatic hydroxyl groups is 6. The second kappa shape index (κ2) is 9.59. The van der Waals surface area contributed by atoms with Crippen LogP contribution in [0.4, 0.5) is 0 Å². The van der Waals surface area contributed by atoms with Crippen molar-refractivity contribution in [1.29, 1.82) is 0 Å². The maximum Gasteiger partial charge on any atom is 0.303 e. The van der Waals surface area contributed by atoms with Crippen LogP contribution < -0.4 is 0 Å². The molecule has 0 aromatic heterocycles. The van der Waals surface area contributed by atoms with Gasteiger partial charge in [0.2, 0.25) is 5.79 Å². The molecule has 0 unspecified atom stereocenters. The van der Waals surface area contributed by atoms with Crippen LogP contribution in [0, 0.1) is 0 Å². The predicted octanol–water partition coefficient (Wildman–Crippen LogP) is -4.25. The van der Waals surface area contributed by atoms with E-state index < -0.39 is 86.6 Å². The molecule has 2 rings (SSSR count). The smallest absolute Gasteiger partial charge is 0.303 e. The minimum absolute atomic E-state index is 0.488. The number of hydrogen-bond donors (Lipinski definition) is 6. The van der Waals surface area contributed by atoms with E-state index in [2.05, 4.69) is 0 Å². The highest BCUT2D eigenvalue weighted by Gasteiger charge is 2.58. The first-order valence-electron chi connectivity index (χ1n) is 8.82. The predicted molar refractivity (Wildman–Crippen MR) is 87.7 cm³/mol. The van der Waals surface area contributed by atoms with Gasteiger partial charge in [0.05, 0.1) is 6.61 Å². The molecule has 13 heteroatoms. The van der Waals surface area contributed by atoms with Crippen LogP contribution in [0.2, 0.25) is 0 Å². The van der Waals surface area contributed by atoms with Crippen LogP contribution >= 0.6 is 0 Å². The number of hydrogen-bond acceptors (Lipinski definition) is 13. The Hall–Kier alpha value is -1.42. The van der Waals surface area contributed by atoms with Crippen LogP contribution in [0.25, 0.3) is 0 Å². The van der Waals surface area contributed by atoms with Gasteiger partial charge >= 0.3 is 11.9 Å². The van der Waals surface area contributed by atoms with Gasteiger partial charge in [-0.2, -0.15) is 0 Å². The van der Waals surface area contributed by atoms with Gasteiger partial charge in [-0.3, -0.25) is 9.59 Å². The van der Waals surface area contributed by atoms with Gasteiger partial charge in [0.25, 0.3) is 0 Å². The first-order chi connectivity index (χ1) is 13.6. The number of carbonyl (C=O) groups is 2. The second-order valence-electron chi connectivity index (χ2n) is 6.76. The Morgan fingerprint density at radius 1 is 0.966 bits per heavy atom. The summed E-state index contributed by atoms with van der Waals surface area (Å²) >= 11 is 0. The largest absolute Gasteiger partial charge is 0.463 e. The van der Waals surface area contributed by atoms with E-state index in [1.807, 2.05) is 0 Å². The molecule has 0 spiro atoms. The molecule has 0 amide bonds. The molecule has 9 atom stereocenters. The molecular formula is C16H26O13. The molecule has 0 aromatic carbocycles. The van der Waals surface area contributed by atoms with Gasteiger partial charge in [-0.15, -0.1) is 0 Å². The number of carbonyl (C=O) groups excluding carboxylic acids is 2. The van der Waals surface area contributed by atoms with Crippen LogP contribution in [0.1, 0.15) is 13.8 Å². The lowest BCUT2D eigenvalue weighted by molar-refractivity contribution is -0.383. The third-order valence-corrected chi connectivity index (χ3v) is 4.62. The van der Waals surface area contributed by atoms with Crippen molar-refractivity contribution in [3.8, 4) is 0 Å². The molecule has 2 heterocycles. The van der Waals surface area contributed by atoms with Gasteiger partial charge in [0.1, 0.15) is 49.8 Å². The number of ether oxygens (including phenoxy) is 5. The van der Waals surface area contributed by atoms with Crippen molar-refractivity contribution < 1.29 is 63.9 Å². The van der Waals surface area contributed by atoms with Crippen molar-refractivity contribution >= 4 is 11.9 Å². The minimum atomic E-state index is -2.30. The molecule has 2 aliphatic rings. The molecule has 0 radical (unpaired) electrons. The first kappa shape index (κ1) is 23.9. The summed E-state index contributed by atoms with van der Waals surface area (Å²) in [4.78, 5) is 22.4. The third kappa shape index (κ3) is 5.02. The van der Waals surface area contributed by atoms with E-state index in [4.69, 9.17) is 23.7 Å². The Balaban J connectivity index is 2.26. The van der Waals surface area contributed by atoms with Gasteiger partial charge in [-0.05, 0) is 0 Å². The van der Waals surface area contributed by atoms with Gasteiger partial charge in [0.15, 0.2) is 12.4 Å². The molecule has 2 fully saturated rings. The average molecular weight is 426 g/mol. The quantitative estimate of drug-likeness (QED) is 0.214. The van der Waals surface area contributed by atoms with E-state index in [1.54, 1.807) is 0 Å². The second-order valence-corrected chi connectivity index (χ2v) is 6.76. The molecule has 2 aliphatic heterocycles. The van der Waals surface area contributed by atoms with Gasteiger partial charge < -0.3 is 54.3 Å². The molecule has 29 heavy (non-hydrogen) atoms. The van der Waals surface area contributed by atoms with E-state index in [-0.39, 0.29) is 0 Å². The topological polar surface area (TPSA) is 202 Å². The van der Waals surface area contributed by atoms with Gasteiger partial charge in [0, 0.05) is 13.8 Å². The van der Waals surface area contributed by atoms with Gasteiger partial charge in [-0.25, -0.2) is 0 Å². The summed E-state index contributed by atoms with van der Waals surface area (Å²) in [6, 6.07) is 0. The van der Waals surface area contributed by atoms with E-state index >= 15 is 0 Å². The summed E-state index contributed by atoms with van der Waals surface area (Å²) in [7, 11) is 0. The van der Waals surface area contributed by atoms with Crippen molar-refractivity contribution in [2.24, 2.45) is 0 Å². The van der Waals surface area contributed by atoms with Crippen molar-refractivity contribution in [2.75, 3.05) is 19.8 Å². The summed E-state index contributed by atoms with van der Waals surface area (Å²) in [6.07, 6.45) is -12.8. The Kier molecular flexibility index (Phi) is 7.89. The molecule has 2 saturated heterocycles. The molecule has 13 nitrogen and oxygen atoms in total. The average Bonchev–Trinajstić information content (AvgIpc) is 2.91. The van der Waals surface area contributed by atoms with Crippen molar-refractivity contribution in [3.63, 3.8) is 0 Å². The Morgan fingerprint density at radius 3 is 2.10 bits per heavy atom. The molecule has 0 aliphatic carbocycles. The summed E-state index contributed by atoms with van der Waals surface area (Å²) in [5, 5.41) is 59.9. The van der Waals surface area contributed by atoms with Crippen LogP contribution in [0.3, 0.4) is 0 Å². The highest BCUT2D eigenvalue weighted by atomic mass is 16.8. The summed E-state index contributed by atoms with van der Waals surface area (Å²) in [5.41, 5.74) is 0. The van der Waals surface area contributed by atoms with Crippen molar-refractivity contribution in [1.82, 2.24) is 0 Å². The first-order valence-corrected chi connectivity index (χ1v) is 8.82. The van der Waals surface area contributed by atoms with Crippen LogP contribution in [0.5, 0.6) is 0 Å². The molecule has 0 aromatic rings. The normalized spacial score (nSPS) is 42.5. The zero-order chi connectivity index (χ0) is 21.9. The maximum absolute atomic E-state index is 11.3. The van der Waals surface area contributed by atoms with Crippen molar-refractivity contribution in [2.45, 2.75) is 68.7 Å².